The van der Waals surface area contributed by atoms with Crippen LogP contribution in [-0.4, -0.2) is 34.8 Å². The van der Waals surface area contributed by atoms with Crippen LogP contribution < -0.4 is 0 Å². The molecule has 1 saturated heterocycles. The summed E-state index contributed by atoms with van der Waals surface area (Å²) in [6.07, 6.45) is 2.40. The molecule has 1 fully saturated rings. The van der Waals surface area contributed by atoms with Crippen molar-refractivity contribution in [2.24, 2.45) is 0 Å². The van der Waals surface area contributed by atoms with Gasteiger partial charge in [0, 0.05) is 25.2 Å². The summed E-state index contributed by atoms with van der Waals surface area (Å²) in [4.78, 5) is 23.6. The molecule has 2 rings (SSSR count). The molecule has 0 radical (unpaired) electrons. The van der Waals surface area contributed by atoms with Crippen LogP contribution in [-0.2, 0) is 9.59 Å². The number of fused-ring (bicyclic) bond motifs is 1. The van der Waals surface area contributed by atoms with Crippen molar-refractivity contribution in [2.45, 2.75) is 12.6 Å². The van der Waals surface area contributed by atoms with Gasteiger partial charge in [-0.1, -0.05) is 0 Å². The molecule has 1 atom stereocenters. The van der Waals surface area contributed by atoms with E-state index in [0.717, 1.165) is 5.57 Å². The number of hydrogen-bond donors (Lipinski definition) is 1. The molecule has 0 aromatic carbocycles. The lowest BCUT2D eigenvalue weighted by atomic mass is 10.0. The zero-order chi connectivity index (χ0) is 9.59. The number of ketones is 2. The van der Waals surface area contributed by atoms with E-state index in [1.165, 1.54) is 12.2 Å². The van der Waals surface area contributed by atoms with Gasteiger partial charge in [0.05, 0.1) is 0 Å². The second-order valence-corrected chi connectivity index (χ2v) is 3.22. The van der Waals surface area contributed by atoms with E-state index in [2.05, 4.69) is 0 Å². The van der Waals surface area contributed by atoms with Crippen LogP contribution in [0, 0.1) is 0 Å². The largest absolute Gasteiger partial charge is 0.373 e. The first kappa shape index (κ1) is 8.19. The molecule has 1 N–H and O–H groups in total. The van der Waals surface area contributed by atoms with Gasteiger partial charge in [-0.3, -0.25) is 9.59 Å². The van der Waals surface area contributed by atoms with Crippen LogP contribution in [0.1, 0.15) is 6.42 Å². The van der Waals surface area contributed by atoms with Crippen LogP contribution in [0.3, 0.4) is 0 Å². The summed E-state index contributed by atoms with van der Waals surface area (Å²) in [6.45, 7) is 0. The highest BCUT2D eigenvalue weighted by molar-refractivity contribution is 6.46. The molecule has 0 bridgehead atoms. The van der Waals surface area contributed by atoms with Gasteiger partial charge in [-0.05, 0) is 11.6 Å². The third-order valence-electron chi connectivity index (χ3n) is 2.37. The zero-order valence-corrected chi connectivity index (χ0v) is 7.15. The van der Waals surface area contributed by atoms with Gasteiger partial charge in [0.15, 0.2) is 0 Å². The van der Waals surface area contributed by atoms with Crippen molar-refractivity contribution >= 4 is 11.6 Å². The molecule has 0 amide bonds. The van der Waals surface area contributed by atoms with Crippen LogP contribution in [0.2, 0.25) is 0 Å². The number of aliphatic hydroxyl groups is 1. The van der Waals surface area contributed by atoms with Gasteiger partial charge in [-0.25, -0.2) is 0 Å². The average Bonchev–Trinajstić information content (AvgIpc) is 2.32. The summed E-state index contributed by atoms with van der Waals surface area (Å²) in [5.41, 5.74) is 1.41. The second-order valence-electron chi connectivity index (χ2n) is 3.22. The van der Waals surface area contributed by atoms with Gasteiger partial charge in [0.1, 0.15) is 6.23 Å². The lowest BCUT2D eigenvalue weighted by Crippen LogP contribution is -2.24. The van der Waals surface area contributed by atoms with E-state index in [0.29, 0.717) is 12.1 Å². The number of allylic oxidation sites excluding steroid dienone is 3. The van der Waals surface area contributed by atoms with Crippen molar-refractivity contribution in [3.05, 3.63) is 23.4 Å². The number of likely N-dealkylation sites (N-methyl/N-ethyl adjacent to an activating group) is 1. The molecule has 2 aliphatic rings. The van der Waals surface area contributed by atoms with Crippen molar-refractivity contribution in [3.8, 4) is 0 Å². The highest BCUT2D eigenvalue weighted by atomic mass is 16.3. The van der Waals surface area contributed by atoms with E-state index in [-0.39, 0.29) is 0 Å². The van der Waals surface area contributed by atoms with Crippen LogP contribution in [0.25, 0.3) is 0 Å². The molecule has 1 unspecified atom stereocenters. The summed E-state index contributed by atoms with van der Waals surface area (Å²) in [5.74, 6) is -1.01. The molecule has 4 nitrogen and oxygen atoms in total. The van der Waals surface area contributed by atoms with Gasteiger partial charge in [-0.15, -0.1) is 0 Å². The Balaban J connectivity index is 2.44. The van der Waals surface area contributed by atoms with Gasteiger partial charge in [0.2, 0.25) is 11.6 Å². The standard InChI is InChI=1S/C9H9NO3/c1-10-6-4-8(12)7(11)2-5(6)3-9(10)13/h2,4,9,13H,3H2,1H3. The minimum Gasteiger partial charge on any atom is -0.373 e. The Morgan fingerprint density at radius 1 is 1.38 bits per heavy atom. The highest BCUT2D eigenvalue weighted by Gasteiger charge is 2.32. The van der Waals surface area contributed by atoms with E-state index in [9.17, 15) is 14.7 Å². The highest BCUT2D eigenvalue weighted by Crippen LogP contribution is 2.31. The number of nitrogens with zero attached hydrogens (tertiary/aromatic N) is 1. The number of likely N-dealkylation sites (tertiary alicyclic amines) is 1. The van der Waals surface area contributed by atoms with Crippen molar-refractivity contribution < 1.29 is 14.7 Å². The average molecular weight is 179 g/mol. The summed E-state index contributed by atoms with van der Waals surface area (Å²) in [5, 5.41) is 9.42. The Kier molecular flexibility index (Phi) is 1.60. The first-order valence-corrected chi connectivity index (χ1v) is 4.01. The topological polar surface area (TPSA) is 57.6 Å². The molecule has 1 aliphatic carbocycles. The molecule has 0 spiro atoms. The maximum absolute atomic E-state index is 11.0. The van der Waals surface area contributed by atoms with Gasteiger partial charge in [-0.2, -0.15) is 0 Å². The van der Waals surface area contributed by atoms with Crippen molar-refractivity contribution in [1.29, 1.82) is 0 Å². The number of aliphatic hydroxyl groups excluding tert-OH is 1. The fourth-order valence-electron chi connectivity index (χ4n) is 1.58. The van der Waals surface area contributed by atoms with Crippen molar-refractivity contribution in [3.63, 3.8) is 0 Å². The summed E-state index contributed by atoms with van der Waals surface area (Å²) >= 11 is 0. The lowest BCUT2D eigenvalue weighted by molar-refractivity contribution is -0.131. The first-order valence-electron chi connectivity index (χ1n) is 4.01. The second kappa shape index (κ2) is 2.53. The molecular weight excluding hydrogens is 170 g/mol. The predicted octanol–water partition coefficient (Wildman–Crippen LogP) is -0.398. The number of rotatable bonds is 0. The van der Waals surface area contributed by atoms with Crippen LogP contribution in [0.4, 0.5) is 0 Å². The number of carbonyl (C=O) groups excluding carboxylic acids is 2. The molecule has 0 saturated carbocycles. The minimum absolute atomic E-state index is 0.418. The fraction of sp³-hybridized carbons (Fsp3) is 0.333. The monoisotopic (exact) mass is 179 g/mol. The smallest absolute Gasteiger partial charge is 0.227 e. The predicted molar refractivity (Wildman–Crippen MR) is 44.6 cm³/mol. The van der Waals surface area contributed by atoms with Crippen LogP contribution >= 0.6 is 0 Å². The Labute approximate surface area is 75.1 Å². The molecule has 13 heavy (non-hydrogen) atoms. The maximum Gasteiger partial charge on any atom is 0.227 e. The molecule has 4 heteroatoms. The number of carbonyl (C=O) groups is 2. The van der Waals surface area contributed by atoms with Gasteiger partial charge >= 0.3 is 0 Å². The Bertz CT molecular complexity index is 354. The van der Waals surface area contributed by atoms with Gasteiger partial charge < -0.3 is 10.0 Å². The van der Waals surface area contributed by atoms with Crippen LogP contribution in [0.5, 0.6) is 0 Å². The van der Waals surface area contributed by atoms with E-state index in [1.54, 1.807) is 11.9 Å². The Morgan fingerprint density at radius 3 is 2.69 bits per heavy atom. The maximum atomic E-state index is 11.0. The zero-order valence-electron chi connectivity index (χ0n) is 7.15. The molecule has 0 aromatic heterocycles. The molecule has 0 aromatic rings. The molecule has 1 aliphatic heterocycles. The van der Waals surface area contributed by atoms with Gasteiger partial charge in [0.25, 0.3) is 0 Å². The van der Waals surface area contributed by atoms with E-state index < -0.39 is 17.8 Å². The SMILES string of the molecule is CN1C2=CC(=O)C(=O)C=C2CC1O. The quantitative estimate of drug-likeness (QED) is 0.406. The Morgan fingerprint density at radius 2 is 2.00 bits per heavy atom. The minimum atomic E-state index is -0.615. The molecule has 1 heterocycles. The normalized spacial score (nSPS) is 27.2. The Hall–Kier alpha value is -1.42. The van der Waals surface area contributed by atoms with Crippen molar-refractivity contribution in [1.82, 2.24) is 4.90 Å². The molecule has 68 valence electrons. The molecular formula is C9H9NO3. The lowest BCUT2D eigenvalue weighted by Gasteiger charge is -2.17. The third kappa shape index (κ3) is 1.10. The third-order valence-corrected chi connectivity index (χ3v) is 2.37. The summed E-state index contributed by atoms with van der Waals surface area (Å²) in [6, 6.07) is 0. The first-order chi connectivity index (χ1) is 6.09. The van der Waals surface area contributed by atoms with E-state index in [1.807, 2.05) is 0 Å². The van der Waals surface area contributed by atoms with E-state index in [4.69, 9.17) is 0 Å². The van der Waals surface area contributed by atoms with E-state index >= 15 is 0 Å². The summed E-state index contributed by atoms with van der Waals surface area (Å²) in [7, 11) is 1.69. The fourth-order valence-corrected chi connectivity index (χ4v) is 1.58. The summed E-state index contributed by atoms with van der Waals surface area (Å²) < 4.78 is 0. The van der Waals surface area contributed by atoms with Crippen LogP contribution in [0.15, 0.2) is 23.4 Å². The number of hydrogen-bond acceptors (Lipinski definition) is 4. The van der Waals surface area contributed by atoms with Crippen molar-refractivity contribution in [2.75, 3.05) is 7.05 Å².